The highest BCUT2D eigenvalue weighted by molar-refractivity contribution is 7.07. The fraction of sp³-hybridized carbons (Fsp3) is 0.667. The van der Waals surface area contributed by atoms with Crippen molar-refractivity contribution in [3.63, 3.8) is 0 Å². The topological polar surface area (TPSA) is 41.6 Å². The van der Waals surface area contributed by atoms with Crippen LogP contribution in [0.1, 0.15) is 38.4 Å². The van der Waals surface area contributed by atoms with Crippen LogP contribution in [0.15, 0.2) is 16.8 Å². The van der Waals surface area contributed by atoms with Gasteiger partial charge >= 0.3 is 0 Å². The zero-order valence-corrected chi connectivity index (χ0v) is 12.9. The van der Waals surface area contributed by atoms with Crippen LogP contribution >= 0.6 is 11.3 Å². The van der Waals surface area contributed by atoms with Gasteiger partial charge < -0.3 is 9.64 Å². The fourth-order valence-corrected chi connectivity index (χ4v) is 3.97. The number of rotatable bonds is 3. The first kappa shape index (κ1) is 14.0. The Hall–Kier alpha value is -0.910. The quantitative estimate of drug-likeness (QED) is 0.930. The van der Waals surface area contributed by atoms with Gasteiger partial charge in [-0.1, -0.05) is 0 Å². The number of hydrogen-bond acceptors (Lipinski definition) is 4. The Morgan fingerprint density at radius 3 is 2.85 bits per heavy atom. The van der Waals surface area contributed by atoms with Gasteiger partial charge in [0.2, 0.25) is 5.91 Å². The van der Waals surface area contributed by atoms with Crippen molar-refractivity contribution in [1.29, 1.82) is 0 Å². The summed E-state index contributed by atoms with van der Waals surface area (Å²) in [6, 6.07) is 2.27. The van der Waals surface area contributed by atoms with Crippen molar-refractivity contribution < 1.29 is 9.53 Å². The molecule has 2 aliphatic rings. The van der Waals surface area contributed by atoms with Crippen LogP contribution in [0.4, 0.5) is 0 Å². The van der Waals surface area contributed by atoms with E-state index in [9.17, 15) is 4.79 Å². The molecule has 20 heavy (non-hydrogen) atoms. The van der Waals surface area contributed by atoms with Crippen LogP contribution in [0.3, 0.4) is 0 Å². The number of nitrogens with one attached hydrogen (secondary N) is 1. The van der Waals surface area contributed by atoms with E-state index >= 15 is 0 Å². The maximum atomic E-state index is 12.5. The highest BCUT2D eigenvalue weighted by Gasteiger charge is 2.42. The van der Waals surface area contributed by atoms with Gasteiger partial charge in [0.1, 0.15) is 6.17 Å². The van der Waals surface area contributed by atoms with Gasteiger partial charge in [-0.05, 0) is 55.0 Å². The molecule has 0 bridgehead atoms. The SMILES string of the molecule is CC1NC(c2ccsc2)N(C(C)C2CCOCC2)C1=O. The van der Waals surface area contributed by atoms with Crippen LogP contribution < -0.4 is 5.32 Å². The van der Waals surface area contributed by atoms with Crippen molar-refractivity contribution >= 4 is 17.2 Å². The maximum absolute atomic E-state index is 12.5. The van der Waals surface area contributed by atoms with Crippen molar-refractivity contribution in [3.8, 4) is 0 Å². The van der Waals surface area contributed by atoms with E-state index in [1.165, 1.54) is 5.56 Å². The summed E-state index contributed by atoms with van der Waals surface area (Å²) in [5, 5.41) is 7.63. The van der Waals surface area contributed by atoms with E-state index in [0.717, 1.165) is 26.1 Å². The molecule has 1 amide bonds. The molecule has 3 unspecified atom stereocenters. The Kier molecular flexibility index (Phi) is 4.10. The Morgan fingerprint density at radius 1 is 1.45 bits per heavy atom. The summed E-state index contributed by atoms with van der Waals surface area (Å²) in [6.45, 7) is 5.79. The normalized spacial score (nSPS) is 29.9. The molecular formula is C15H22N2O2S. The van der Waals surface area contributed by atoms with Gasteiger partial charge in [0, 0.05) is 19.3 Å². The van der Waals surface area contributed by atoms with Gasteiger partial charge in [0.15, 0.2) is 0 Å². The largest absolute Gasteiger partial charge is 0.381 e. The van der Waals surface area contributed by atoms with Crippen LogP contribution in [-0.4, -0.2) is 36.1 Å². The Bertz CT molecular complexity index is 456. The van der Waals surface area contributed by atoms with Gasteiger partial charge in [-0.2, -0.15) is 11.3 Å². The van der Waals surface area contributed by atoms with Crippen molar-refractivity contribution in [2.45, 2.75) is 44.9 Å². The molecule has 1 aromatic heterocycles. The van der Waals surface area contributed by atoms with Gasteiger partial charge in [0.25, 0.3) is 0 Å². The first-order chi connectivity index (χ1) is 9.68. The van der Waals surface area contributed by atoms with Crippen LogP contribution in [0.5, 0.6) is 0 Å². The molecule has 1 N–H and O–H groups in total. The molecule has 3 atom stereocenters. The lowest BCUT2D eigenvalue weighted by Gasteiger charge is -2.37. The smallest absolute Gasteiger partial charge is 0.241 e. The molecule has 5 heteroatoms. The van der Waals surface area contributed by atoms with Crippen LogP contribution in [-0.2, 0) is 9.53 Å². The summed E-state index contributed by atoms with van der Waals surface area (Å²) in [4.78, 5) is 14.6. The third-order valence-corrected chi connectivity index (χ3v) is 5.26. The number of carbonyl (C=O) groups excluding carboxylic acids is 1. The minimum atomic E-state index is -0.0952. The van der Waals surface area contributed by atoms with Gasteiger partial charge in [-0.3, -0.25) is 10.1 Å². The molecule has 3 rings (SSSR count). The lowest BCUT2D eigenvalue weighted by atomic mass is 9.91. The monoisotopic (exact) mass is 294 g/mol. The Balaban J connectivity index is 1.81. The molecule has 0 saturated carbocycles. The van der Waals surface area contributed by atoms with Crippen molar-refractivity contribution in [2.24, 2.45) is 5.92 Å². The third-order valence-electron chi connectivity index (χ3n) is 4.56. The van der Waals surface area contributed by atoms with E-state index in [2.05, 4.69) is 34.0 Å². The van der Waals surface area contributed by atoms with E-state index in [1.54, 1.807) is 11.3 Å². The van der Waals surface area contributed by atoms with Crippen LogP contribution in [0.25, 0.3) is 0 Å². The van der Waals surface area contributed by atoms with E-state index in [4.69, 9.17) is 4.74 Å². The first-order valence-electron chi connectivity index (χ1n) is 7.36. The molecule has 0 spiro atoms. The number of nitrogens with zero attached hydrogens (tertiary/aromatic N) is 1. The minimum absolute atomic E-state index is 0.0293. The maximum Gasteiger partial charge on any atom is 0.241 e. The van der Waals surface area contributed by atoms with Gasteiger partial charge in [-0.25, -0.2) is 0 Å². The number of thiophene rings is 1. The second kappa shape index (κ2) is 5.84. The Morgan fingerprint density at radius 2 is 2.20 bits per heavy atom. The fourth-order valence-electron chi connectivity index (χ4n) is 3.29. The van der Waals surface area contributed by atoms with Crippen molar-refractivity contribution in [1.82, 2.24) is 10.2 Å². The number of ether oxygens (including phenoxy) is 1. The lowest BCUT2D eigenvalue weighted by molar-refractivity contribution is -0.133. The van der Waals surface area contributed by atoms with Crippen molar-refractivity contribution in [2.75, 3.05) is 13.2 Å². The minimum Gasteiger partial charge on any atom is -0.381 e. The summed E-state index contributed by atoms with van der Waals surface area (Å²) in [5.74, 6) is 0.765. The molecule has 0 aliphatic carbocycles. The zero-order valence-electron chi connectivity index (χ0n) is 12.0. The summed E-state index contributed by atoms with van der Waals surface area (Å²) in [7, 11) is 0. The summed E-state index contributed by atoms with van der Waals surface area (Å²) < 4.78 is 5.44. The lowest BCUT2D eigenvalue weighted by Crippen LogP contribution is -2.44. The molecule has 2 fully saturated rings. The molecule has 110 valence electrons. The molecule has 2 saturated heterocycles. The molecule has 4 nitrogen and oxygen atoms in total. The molecule has 0 aromatic carbocycles. The zero-order chi connectivity index (χ0) is 14.1. The number of carbonyl (C=O) groups is 1. The molecule has 0 radical (unpaired) electrons. The second-order valence-corrected chi connectivity index (χ2v) is 6.56. The first-order valence-corrected chi connectivity index (χ1v) is 8.31. The molecular weight excluding hydrogens is 272 g/mol. The third kappa shape index (κ3) is 2.50. The standard InChI is InChI=1S/C15H22N2O2S/c1-10-15(18)17(11(2)12-3-6-19-7-4-12)14(16-10)13-5-8-20-9-13/h5,8-12,14,16H,3-4,6-7H2,1-2H3. The van der Waals surface area contributed by atoms with Crippen LogP contribution in [0, 0.1) is 5.92 Å². The second-order valence-electron chi connectivity index (χ2n) is 5.78. The average Bonchev–Trinajstić information content (AvgIpc) is 3.09. The molecule has 1 aromatic rings. The summed E-state index contributed by atoms with van der Waals surface area (Å²) in [6.07, 6.45) is 2.13. The summed E-state index contributed by atoms with van der Waals surface area (Å²) in [5.41, 5.74) is 1.20. The van der Waals surface area contributed by atoms with Crippen molar-refractivity contribution in [3.05, 3.63) is 22.4 Å². The van der Waals surface area contributed by atoms with Gasteiger partial charge in [0.05, 0.1) is 6.04 Å². The average molecular weight is 294 g/mol. The van der Waals surface area contributed by atoms with Gasteiger partial charge in [-0.15, -0.1) is 0 Å². The van der Waals surface area contributed by atoms with E-state index in [-0.39, 0.29) is 24.2 Å². The molecule has 2 aliphatic heterocycles. The molecule has 3 heterocycles. The summed E-state index contributed by atoms with van der Waals surface area (Å²) >= 11 is 1.68. The van der Waals surface area contributed by atoms with E-state index < -0.39 is 0 Å². The predicted octanol–water partition coefficient (Wildman–Crippen LogP) is 2.38. The number of hydrogen-bond donors (Lipinski definition) is 1. The number of amides is 1. The Labute approximate surface area is 124 Å². The highest BCUT2D eigenvalue weighted by atomic mass is 32.1. The predicted molar refractivity (Wildman–Crippen MR) is 79.5 cm³/mol. The highest BCUT2D eigenvalue weighted by Crippen LogP contribution is 2.33. The van der Waals surface area contributed by atoms with E-state index in [1.807, 2.05) is 6.92 Å². The van der Waals surface area contributed by atoms with Crippen LogP contribution in [0.2, 0.25) is 0 Å². The van der Waals surface area contributed by atoms with E-state index in [0.29, 0.717) is 5.92 Å².